The van der Waals surface area contributed by atoms with Crippen LogP contribution in [0.1, 0.15) is 5.76 Å². The van der Waals surface area contributed by atoms with E-state index in [1.807, 2.05) is 25.1 Å². The maximum absolute atomic E-state index is 13.1. The molecule has 1 saturated heterocycles. The zero-order valence-electron chi connectivity index (χ0n) is 14.4. The molecule has 3 heterocycles. The number of nitrogens with zero attached hydrogens (tertiary/aromatic N) is 5. The van der Waals surface area contributed by atoms with Gasteiger partial charge in [0.1, 0.15) is 17.4 Å². The third kappa shape index (κ3) is 3.58. The fourth-order valence-corrected chi connectivity index (χ4v) is 2.97. The van der Waals surface area contributed by atoms with E-state index in [0.717, 1.165) is 43.4 Å². The number of halogens is 1. The van der Waals surface area contributed by atoms with Crippen LogP contribution in [0.15, 0.2) is 47.1 Å². The van der Waals surface area contributed by atoms with E-state index < -0.39 is 0 Å². The number of nitrogens with one attached hydrogen (secondary N) is 1. The van der Waals surface area contributed by atoms with Gasteiger partial charge in [0.25, 0.3) is 0 Å². The van der Waals surface area contributed by atoms with Crippen LogP contribution in [0.25, 0.3) is 0 Å². The van der Waals surface area contributed by atoms with Crippen molar-refractivity contribution in [3.05, 3.63) is 54.2 Å². The number of hydrogen-bond acceptors (Lipinski definition) is 7. The summed E-state index contributed by atoms with van der Waals surface area (Å²) in [6.45, 7) is 5.19. The number of anilines is 4. The third-order valence-electron chi connectivity index (χ3n) is 4.30. The van der Waals surface area contributed by atoms with Gasteiger partial charge in [0.2, 0.25) is 5.95 Å². The van der Waals surface area contributed by atoms with Crippen LogP contribution in [0.2, 0.25) is 0 Å². The molecule has 2 aromatic heterocycles. The number of benzene rings is 1. The molecular formula is C18H19FN6O. The lowest BCUT2D eigenvalue weighted by Gasteiger charge is -2.36. The monoisotopic (exact) mass is 354 g/mol. The summed E-state index contributed by atoms with van der Waals surface area (Å²) in [4.78, 5) is 13.3. The maximum atomic E-state index is 13.1. The van der Waals surface area contributed by atoms with Crippen molar-refractivity contribution < 1.29 is 8.91 Å². The molecule has 7 nitrogen and oxygen atoms in total. The Morgan fingerprint density at radius 2 is 1.77 bits per heavy atom. The van der Waals surface area contributed by atoms with Gasteiger partial charge < -0.3 is 19.6 Å². The molecule has 0 aliphatic carbocycles. The summed E-state index contributed by atoms with van der Waals surface area (Å²) in [7, 11) is 0. The molecule has 1 aliphatic heterocycles. The molecule has 0 amide bonds. The van der Waals surface area contributed by atoms with Crippen molar-refractivity contribution in [3.63, 3.8) is 0 Å². The van der Waals surface area contributed by atoms with Crippen molar-refractivity contribution in [1.82, 2.24) is 15.1 Å². The number of hydrogen-bond donors (Lipinski definition) is 1. The Morgan fingerprint density at radius 3 is 2.46 bits per heavy atom. The Bertz CT molecular complexity index is 873. The predicted molar refractivity (Wildman–Crippen MR) is 97.4 cm³/mol. The average molecular weight is 354 g/mol. The Balaban J connectivity index is 1.41. The van der Waals surface area contributed by atoms with Gasteiger partial charge in [0, 0.05) is 44.1 Å². The summed E-state index contributed by atoms with van der Waals surface area (Å²) in [6.07, 6.45) is 1.73. The summed E-state index contributed by atoms with van der Waals surface area (Å²) >= 11 is 0. The van der Waals surface area contributed by atoms with Crippen molar-refractivity contribution in [2.45, 2.75) is 6.92 Å². The predicted octanol–water partition coefficient (Wildman–Crippen LogP) is 2.98. The van der Waals surface area contributed by atoms with Crippen LogP contribution in [0.4, 0.5) is 27.7 Å². The molecule has 26 heavy (non-hydrogen) atoms. The highest BCUT2D eigenvalue weighted by Crippen LogP contribution is 2.21. The van der Waals surface area contributed by atoms with Gasteiger partial charge in [-0.2, -0.15) is 4.98 Å². The molecule has 1 aliphatic rings. The number of aryl methyl sites for hydroxylation is 1. The van der Waals surface area contributed by atoms with Crippen molar-refractivity contribution in [1.29, 1.82) is 0 Å². The molecule has 1 N–H and O–H groups in total. The summed E-state index contributed by atoms with van der Waals surface area (Å²) in [5.74, 6) is 2.44. The van der Waals surface area contributed by atoms with Crippen molar-refractivity contribution in [3.8, 4) is 0 Å². The minimum absolute atomic E-state index is 0.212. The van der Waals surface area contributed by atoms with Crippen LogP contribution in [0.5, 0.6) is 0 Å². The molecule has 134 valence electrons. The van der Waals surface area contributed by atoms with Gasteiger partial charge in [-0.05, 0) is 37.3 Å². The zero-order chi connectivity index (χ0) is 17.9. The summed E-state index contributed by atoms with van der Waals surface area (Å²) in [5.41, 5.74) is 1.04. The van der Waals surface area contributed by atoms with Gasteiger partial charge in [0.05, 0.1) is 0 Å². The van der Waals surface area contributed by atoms with E-state index in [1.165, 1.54) is 12.1 Å². The van der Waals surface area contributed by atoms with Crippen molar-refractivity contribution >= 4 is 23.3 Å². The van der Waals surface area contributed by atoms with E-state index >= 15 is 0 Å². The summed E-state index contributed by atoms with van der Waals surface area (Å²) in [5, 5.41) is 6.93. The molecular weight excluding hydrogens is 335 g/mol. The van der Waals surface area contributed by atoms with Gasteiger partial charge in [0.15, 0.2) is 5.82 Å². The molecule has 3 aromatic rings. The van der Waals surface area contributed by atoms with Crippen LogP contribution >= 0.6 is 0 Å². The van der Waals surface area contributed by atoms with E-state index in [2.05, 4.69) is 30.2 Å². The highest BCUT2D eigenvalue weighted by atomic mass is 19.1. The molecule has 8 heteroatoms. The molecule has 1 fully saturated rings. The van der Waals surface area contributed by atoms with E-state index in [4.69, 9.17) is 4.52 Å². The minimum atomic E-state index is -0.212. The van der Waals surface area contributed by atoms with Gasteiger partial charge >= 0.3 is 0 Å². The number of rotatable bonds is 4. The molecule has 1 aromatic carbocycles. The van der Waals surface area contributed by atoms with Crippen LogP contribution < -0.4 is 15.1 Å². The Hall–Kier alpha value is -3.16. The Morgan fingerprint density at radius 1 is 1.04 bits per heavy atom. The second kappa shape index (κ2) is 6.99. The van der Waals surface area contributed by atoms with Gasteiger partial charge in [-0.15, -0.1) is 0 Å². The molecule has 0 unspecified atom stereocenters. The number of piperazine rings is 1. The van der Waals surface area contributed by atoms with E-state index in [1.54, 1.807) is 12.3 Å². The molecule has 0 radical (unpaired) electrons. The number of aromatic nitrogens is 3. The zero-order valence-corrected chi connectivity index (χ0v) is 14.4. The standard InChI is InChI=1S/C18H19FN6O/c1-13-12-16(23-26-13)21-18-20-7-6-17(22-18)25-10-8-24(9-11-25)15-4-2-14(19)3-5-15/h2-7,12H,8-11H2,1H3,(H,20,21,22,23). The van der Waals surface area contributed by atoms with Crippen molar-refractivity contribution in [2.24, 2.45) is 0 Å². The topological polar surface area (TPSA) is 70.3 Å². The van der Waals surface area contributed by atoms with Crippen LogP contribution in [0.3, 0.4) is 0 Å². The highest BCUT2D eigenvalue weighted by molar-refractivity contribution is 5.52. The lowest BCUT2D eigenvalue weighted by atomic mass is 10.2. The summed E-state index contributed by atoms with van der Waals surface area (Å²) < 4.78 is 18.1. The van der Waals surface area contributed by atoms with Gasteiger partial charge in [-0.1, -0.05) is 5.16 Å². The molecule has 0 spiro atoms. The third-order valence-corrected chi connectivity index (χ3v) is 4.30. The maximum Gasteiger partial charge on any atom is 0.230 e. The van der Waals surface area contributed by atoms with Gasteiger partial charge in [-0.25, -0.2) is 9.37 Å². The first-order valence-electron chi connectivity index (χ1n) is 8.46. The first-order chi connectivity index (χ1) is 12.7. The van der Waals surface area contributed by atoms with E-state index in [9.17, 15) is 4.39 Å². The molecule has 4 rings (SSSR count). The van der Waals surface area contributed by atoms with Gasteiger partial charge in [-0.3, -0.25) is 0 Å². The molecule has 0 atom stereocenters. The fourth-order valence-electron chi connectivity index (χ4n) is 2.97. The smallest absolute Gasteiger partial charge is 0.230 e. The SMILES string of the molecule is Cc1cc(Nc2nccc(N3CCN(c4ccc(F)cc4)CC3)n2)no1. The first-order valence-corrected chi connectivity index (χ1v) is 8.46. The Kier molecular flexibility index (Phi) is 4.39. The van der Waals surface area contributed by atoms with Crippen molar-refractivity contribution in [2.75, 3.05) is 41.3 Å². The second-order valence-corrected chi connectivity index (χ2v) is 6.14. The largest absolute Gasteiger partial charge is 0.368 e. The Labute approximate surface area is 150 Å². The first kappa shape index (κ1) is 16.3. The normalized spacial score (nSPS) is 14.5. The minimum Gasteiger partial charge on any atom is -0.368 e. The van der Waals surface area contributed by atoms with Crippen LogP contribution in [-0.2, 0) is 0 Å². The lowest BCUT2D eigenvalue weighted by molar-refractivity contribution is 0.400. The molecule has 0 bridgehead atoms. The highest BCUT2D eigenvalue weighted by Gasteiger charge is 2.19. The van der Waals surface area contributed by atoms with Crippen LogP contribution in [-0.4, -0.2) is 41.3 Å². The van der Waals surface area contributed by atoms with E-state index in [-0.39, 0.29) is 5.82 Å². The summed E-state index contributed by atoms with van der Waals surface area (Å²) in [6, 6.07) is 10.3. The van der Waals surface area contributed by atoms with Crippen LogP contribution in [0, 0.1) is 12.7 Å². The quantitative estimate of drug-likeness (QED) is 0.772. The lowest BCUT2D eigenvalue weighted by Crippen LogP contribution is -2.46. The second-order valence-electron chi connectivity index (χ2n) is 6.14. The molecule has 0 saturated carbocycles. The average Bonchev–Trinajstić information content (AvgIpc) is 3.07. The fraction of sp³-hybridized carbons (Fsp3) is 0.278. The van der Waals surface area contributed by atoms with E-state index in [0.29, 0.717) is 11.8 Å².